The molecule has 0 saturated heterocycles. The van der Waals surface area contributed by atoms with E-state index in [2.05, 4.69) is 11.8 Å². The second kappa shape index (κ2) is 8.54. The summed E-state index contributed by atoms with van der Waals surface area (Å²) in [6.45, 7) is 4.86. The van der Waals surface area contributed by atoms with Crippen LogP contribution in [0, 0.1) is 11.8 Å². The van der Waals surface area contributed by atoms with E-state index < -0.39 is 0 Å². The van der Waals surface area contributed by atoms with Crippen molar-refractivity contribution in [1.82, 2.24) is 0 Å². The summed E-state index contributed by atoms with van der Waals surface area (Å²) in [5.74, 6) is 5.52. The fourth-order valence-electron chi connectivity index (χ4n) is 0.637. The molecule has 0 aromatic heterocycles. The Labute approximate surface area is 73.7 Å². The van der Waals surface area contributed by atoms with Gasteiger partial charge in [0.15, 0.2) is 6.29 Å². The first kappa shape index (κ1) is 11.4. The van der Waals surface area contributed by atoms with Gasteiger partial charge in [-0.3, -0.25) is 0 Å². The predicted molar refractivity (Wildman–Crippen MR) is 46.5 cm³/mol. The summed E-state index contributed by atoms with van der Waals surface area (Å²) >= 11 is 0. The smallest absolute Gasteiger partial charge is 0.156 e. The minimum atomic E-state index is -0.196. The molecule has 1 atom stereocenters. The van der Waals surface area contributed by atoms with Gasteiger partial charge < -0.3 is 14.6 Å². The van der Waals surface area contributed by atoms with E-state index in [1.807, 2.05) is 13.8 Å². The molecule has 0 heterocycles. The molecule has 0 rings (SSSR count). The van der Waals surface area contributed by atoms with Crippen LogP contribution < -0.4 is 0 Å². The lowest BCUT2D eigenvalue weighted by Crippen LogP contribution is -2.12. The summed E-state index contributed by atoms with van der Waals surface area (Å²) in [5.41, 5.74) is 0. The summed E-state index contributed by atoms with van der Waals surface area (Å²) < 4.78 is 10.3. The van der Waals surface area contributed by atoms with E-state index in [0.29, 0.717) is 19.6 Å². The van der Waals surface area contributed by atoms with Crippen LogP contribution in [0.25, 0.3) is 0 Å². The van der Waals surface area contributed by atoms with Crippen molar-refractivity contribution in [3.8, 4) is 11.8 Å². The summed E-state index contributed by atoms with van der Waals surface area (Å²) in [5, 5.41) is 8.39. The maximum Gasteiger partial charge on any atom is 0.156 e. The summed E-state index contributed by atoms with van der Waals surface area (Å²) in [6.07, 6.45) is 0.310. The molecule has 0 fully saturated rings. The van der Waals surface area contributed by atoms with Crippen LogP contribution in [0.2, 0.25) is 0 Å². The zero-order chi connectivity index (χ0) is 9.23. The fraction of sp³-hybridized carbons (Fsp3) is 0.778. The van der Waals surface area contributed by atoms with Gasteiger partial charge in [-0.2, -0.15) is 0 Å². The molecule has 3 nitrogen and oxygen atoms in total. The number of hydrogen-bond donors (Lipinski definition) is 1. The molecule has 1 N–H and O–H groups in total. The minimum absolute atomic E-state index is 0.105. The highest BCUT2D eigenvalue weighted by molar-refractivity contribution is 4.98. The quantitative estimate of drug-likeness (QED) is 0.492. The van der Waals surface area contributed by atoms with Crippen LogP contribution in [0.3, 0.4) is 0 Å². The molecule has 0 aliphatic heterocycles. The molecular formula is C9H16O3. The van der Waals surface area contributed by atoms with Crippen LogP contribution in [0.4, 0.5) is 0 Å². The Morgan fingerprint density at radius 2 is 2.08 bits per heavy atom. The van der Waals surface area contributed by atoms with Crippen molar-refractivity contribution in [1.29, 1.82) is 0 Å². The molecule has 0 aliphatic carbocycles. The summed E-state index contributed by atoms with van der Waals surface area (Å²) in [7, 11) is 0. The molecule has 3 heteroatoms. The predicted octanol–water partition coefficient (Wildman–Crippen LogP) is 0.771. The van der Waals surface area contributed by atoms with Crippen LogP contribution in [-0.2, 0) is 9.47 Å². The van der Waals surface area contributed by atoms with E-state index in [4.69, 9.17) is 14.6 Å². The van der Waals surface area contributed by atoms with Crippen molar-refractivity contribution in [3.63, 3.8) is 0 Å². The Morgan fingerprint density at radius 3 is 2.67 bits per heavy atom. The van der Waals surface area contributed by atoms with E-state index in [0.717, 1.165) is 0 Å². The van der Waals surface area contributed by atoms with E-state index in [9.17, 15) is 0 Å². The van der Waals surface area contributed by atoms with Crippen molar-refractivity contribution in [3.05, 3.63) is 0 Å². The number of hydrogen-bond acceptors (Lipinski definition) is 3. The van der Waals surface area contributed by atoms with Gasteiger partial charge in [-0.1, -0.05) is 11.8 Å². The normalized spacial score (nSPS) is 11.9. The van der Waals surface area contributed by atoms with Gasteiger partial charge >= 0.3 is 0 Å². The van der Waals surface area contributed by atoms with E-state index in [-0.39, 0.29) is 12.9 Å². The average molecular weight is 172 g/mol. The molecule has 0 spiro atoms. The topological polar surface area (TPSA) is 38.7 Å². The SMILES string of the molecule is CCOC(C)OCC#CCCO. The first-order valence-corrected chi connectivity index (χ1v) is 4.11. The number of rotatable bonds is 5. The van der Waals surface area contributed by atoms with E-state index in [1.54, 1.807) is 0 Å². The summed E-state index contributed by atoms with van der Waals surface area (Å²) in [4.78, 5) is 0. The van der Waals surface area contributed by atoms with Crippen molar-refractivity contribution >= 4 is 0 Å². The lowest BCUT2D eigenvalue weighted by molar-refractivity contribution is -0.117. The molecule has 0 aromatic carbocycles. The van der Waals surface area contributed by atoms with Gasteiger partial charge in [0, 0.05) is 13.0 Å². The zero-order valence-corrected chi connectivity index (χ0v) is 7.67. The highest BCUT2D eigenvalue weighted by Gasteiger charge is 1.96. The van der Waals surface area contributed by atoms with Crippen LogP contribution in [-0.4, -0.2) is 31.2 Å². The maximum atomic E-state index is 8.39. The van der Waals surface area contributed by atoms with Crippen molar-refractivity contribution < 1.29 is 14.6 Å². The average Bonchev–Trinajstić information content (AvgIpc) is 2.05. The molecule has 70 valence electrons. The summed E-state index contributed by atoms with van der Waals surface area (Å²) in [6, 6.07) is 0. The first-order valence-electron chi connectivity index (χ1n) is 4.11. The molecule has 0 bridgehead atoms. The van der Waals surface area contributed by atoms with Gasteiger partial charge in [0.2, 0.25) is 0 Å². The number of aliphatic hydroxyl groups excluding tert-OH is 1. The lowest BCUT2D eigenvalue weighted by Gasteiger charge is -2.09. The Hall–Kier alpha value is -0.560. The Bertz CT molecular complexity index is 146. The van der Waals surface area contributed by atoms with Gasteiger partial charge in [0.05, 0.1) is 6.61 Å². The van der Waals surface area contributed by atoms with Gasteiger partial charge in [0.25, 0.3) is 0 Å². The Kier molecular flexibility index (Phi) is 8.14. The Morgan fingerprint density at radius 1 is 1.33 bits per heavy atom. The van der Waals surface area contributed by atoms with Crippen LogP contribution in [0.1, 0.15) is 20.3 Å². The molecule has 12 heavy (non-hydrogen) atoms. The molecular weight excluding hydrogens is 156 g/mol. The molecule has 0 aromatic rings. The second-order valence-electron chi connectivity index (χ2n) is 2.16. The monoisotopic (exact) mass is 172 g/mol. The molecule has 0 saturated carbocycles. The van der Waals surface area contributed by atoms with Gasteiger partial charge in [0.1, 0.15) is 6.61 Å². The molecule has 0 radical (unpaired) electrons. The van der Waals surface area contributed by atoms with Gasteiger partial charge in [-0.05, 0) is 13.8 Å². The largest absolute Gasteiger partial charge is 0.395 e. The van der Waals surface area contributed by atoms with E-state index >= 15 is 0 Å². The number of aliphatic hydroxyl groups is 1. The van der Waals surface area contributed by atoms with Gasteiger partial charge in [-0.25, -0.2) is 0 Å². The lowest BCUT2D eigenvalue weighted by atomic mass is 10.4. The fourth-order valence-corrected chi connectivity index (χ4v) is 0.637. The maximum absolute atomic E-state index is 8.39. The van der Waals surface area contributed by atoms with E-state index in [1.165, 1.54) is 0 Å². The first-order chi connectivity index (χ1) is 5.81. The van der Waals surface area contributed by atoms with Crippen molar-refractivity contribution in [2.24, 2.45) is 0 Å². The third-order valence-corrected chi connectivity index (χ3v) is 1.15. The highest BCUT2D eigenvalue weighted by atomic mass is 16.7. The Balaban J connectivity index is 3.25. The van der Waals surface area contributed by atoms with Crippen molar-refractivity contribution in [2.45, 2.75) is 26.6 Å². The number of ether oxygens (including phenoxy) is 2. The third kappa shape index (κ3) is 7.55. The second-order valence-corrected chi connectivity index (χ2v) is 2.16. The highest BCUT2D eigenvalue weighted by Crippen LogP contribution is 1.91. The zero-order valence-electron chi connectivity index (χ0n) is 7.67. The van der Waals surface area contributed by atoms with Gasteiger partial charge in [-0.15, -0.1) is 0 Å². The van der Waals surface area contributed by atoms with Crippen molar-refractivity contribution in [2.75, 3.05) is 19.8 Å². The van der Waals surface area contributed by atoms with Crippen LogP contribution in [0.5, 0.6) is 0 Å². The molecule has 0 aliphatic rings. The molecule has 0 amide bonds. The third-order valence-electron chi connectivity index (χ3n) is 1.15. The molecule has 1 unspecified atom stereocenters. The minimum Gasteiger partial charge on any atom is -0.395 e. The van der Waals surface area contributed by atoms with Crippen LogP contribution in [0.15, 0.2) is 0 Å². The van der Waals surface area contributed by atoms with Crippen LogP contribution >= 0.6 is 0 Å². The standard InChI is InChI=1S/C9H16O3/c1-3-11-9(2)12-8-6-4-5-7-10/h9-10H,3,5,7-8H2,1-2H3.